The summed E-state index contributed by atoms with van der Waals surface area (Å²) in [6, 6.07) is 12.4. The van der Waals surface area contributed by atoms with Crippen LogP contribution in [-0.4, -0.2) is 93.4 Å². The summed E-state index contributed by atoms with van der Waals surface area (Å²) in [5.74, 6) is -2.24. The summed E-state index contributed by atoms with van der Waals surface area (Å²) < 4.78 is 0. The van der Waals surface area contributed by atoms with E-state index in [2.05, 4.69) is 0 Å². The van der Waals surface area contributed by atoms with Crippen molar-refractivity contribution < 1.29 is 67.7 Å². The van der Waals surface area contributed by atoms with E-state index in [9.17, 15) is 40.2 Å². The molecule has 0 aliphatic heterocycles. The maximum Gasteiger partial charge on any atom is 2.00 e. The van der Waals surface area contributed by atoms with E-state index in [4.69, 9.17) is 0 Å². The standard InChI is InChI=1S/2C11H15NO4.Ni.2H2O/c2*1-12(7-11(15)16)6-10(14)8-3-2-4-9(13)5-8;;;/h2*2-5,10,13-14H,6-7H2,1H3,(H,15,16);;2*1H2/q;;+2;;/p-2/t2*10-;;;/m00.../s1. The smallest absolute Gasteiger partial charge is 0.549 e. The number of aliphatic hydroxyl groups excluding tert-OH is 2. The van der Waals surface area contributed by atoms with Crippen molar-refractivity contribution in [3.05, 3.63) is 59.7 Å². The Balaban J connectivity index is -0.000000539. The summed E-state index contributed by atoms with van der Waals surface area (Å²) in [4.78, 5) is 23.5. The molecule has 8 N–H and O–H groups in total. The maximum absolute atomic E-state index is 10.3. The first kappa shape index (κ1) is 36.8. The molecule has 35 heavy (non-hydrogen) atoms. The van der Waals surface area contributed by atoms with E-state index >= 15 is 0 Å². The molecule has 0 aliphatic rings. The third-order valence-electron chi connectivity index (χ3n) is 4.28. The second kappa shape index (κ2) is 18.5. The average molecular weight is 543 g/mol. The van der Waals surface area contributed by atoms with Crippen molar-refractivity contribution in [3.8, 4) is 11.5 Å². The van der Waals surface area contributed by atoms with Gasteiger partial charge < -0.3 is 51.2 Å². The number of carbonyl (C=O) groups is 2. The zero-order valence-corrected chi connectivity index (χ0v) is 20.2. The molecular formula is C22H32N2NiO10. The molecule has 2 aromatic carbocycles. The minimum atomic E-state index is -1.19. The molecule has 0 heterocycles. The van der Waals surface area contributed by atoms with Gasteiger partial charge in [0, 0.05) is 26.2 Å². The molecule has 0 saturated heterocycles. The summed E-state index contributed by atoms with van der Waals surface area (Å²) in [6.07, 6.45) is -1.67. The number of aliphatic carboxylic acids is 2. The zero-order chi connectivity index (χ0) is 24.3. The summed E-state index contributed by atoms with van der Waals surface area (Å²) in [5, 5.41) is 58.6. The molecule has 0 saturated carbocycles. The second-order valence-corrected chi connectivity index (χ2v) is 7.36. The Morgan fingerprint density at radius 3 is 1.34 bits per heavy atom. The monoisotopic (exact) mass is 542 g/mol. The topological polar surface area (TPSA) is 231 Å². The number of nitrogens with zero attached hydrogens (tertiary/aromatic N) is 2. The molecule has 200 valence electrons. The summed E-state index contributed by atoms with van der Waals surface area (Å²) in [7, 11) is 3.14. The number of phenolic OH excluding ortho intramolecular Hbond substituents is 2. The number of aromatic hydroxyl groups is 2. The molecule has 0 bridgehead atoms. The first-order chi connectivity index (χ1) is 15.0. The van der Waals surface area contributed by atoms with Crippen LogP contribution in [0.25, 0.3) is 0 Å². The molecule has 0 aromatic heterocycles. The molecule has 0 unspecified atom stereocenters. The molecule has 2 atom stereocenters. The largest absolute Gasteiger partial charge is 2.00 e. The van der Waals surface area contributed by atoms with Crippen molar-refractivity contribution >= 4 is 11.9 Å². The number of hydrogen-bond acceptors (Lipinski definition) is 10. The SMILES string of the molecule is CN(CC(=O)[O-])C[C@H](O)c1cccc(O)c1.CN(CC(=O)[O-])C[C@H](O)c1cccc(O)c1.O.O.[Ni+2]. The van der Waals surface area contributed by atoms with Crippen molar-refractivity contribution in [3.63, 3.8) is 0 Å². The van der Waals surface area contributed by atoms with Gasteiger partial charge in [-0.3, -0.25) is 9.80 Å². The van der Waals surface area contributed by atoms with E-state index in [0.717, 1.165) is 0 Å². The van der Waals surface area contributed by atoms with E-state index < -0.39 is 24.1 Å². The summed E-state index contributed by atoms with van der Waals surface area (Å²) in [5.41, 5.74) is 1.09. The van der Waals surface area contributed by atoms with Gasteiger partial charge in [-0.15, -0.1) is 0 Å². The number of aliphatic hydroxyl groups is 2. The van der Waals surface area contributed by atoms with Gasteiger partial charge in [0.25, 0.3) is 0 Å². The van der Waals surface area contributed by atoms with E-state index in [1.54, 1.807) is 38.4 Å². The second-order valence-electron chi connectivity index (χ2n) is 7.36. The van der Waals surface area contributed by atoms with Gasteiger partial charge >= 0.3 is 16.5 Å². The average Bonchev–Trinajstić information content (AvgIpc) is 2.67. The Kier molecular flexibility index (Phi) is 19.5. The van der Waals surface area contributed by atoms with Gasteiger partial charge in [0.05, 0.1) is 24.1 Å². The Morgan fingerprint density at radius 2 is 1.09 bits per heavy atom. The molecule has 0 amide bonds. The normalized spacial score (nSPS) is 11.6. The molecule has 0 radical (unpaired) electrons. The van der Waals surface area contributed by atoms with Crippen LogP contribution in [0.5, 0.6) is 11.5 Å². The van der Waals surface area contributed by atoms with Crippen LogP contribution >= 0.6 is 0 Å². The van der Waals surface area contributed by atoms with E-state index in [1.165, 1.54) is 34.1 Å². The minimum Gasteiger partial charge on any atom is -0.549 e. The van der Waals surface area contributed by atoms with Crippen LogP contribution in [0.4, 0.5) is 0 Å². The van der Waals surface area contributed by atoms with Crippen LogP contribution in [0.15, 0.2) is 48.5 Å². The molecule has 2 rings (SSSR count). The zero-order valence-electron chi connectivity index (χ0n) is 19.2. The third-order valence-corrected chi connectivity index (χ3v) is 4.28. The van der Waals surface area contributed by atoms with Crippen LogP contribution in [-0.2, 0) is 26.1 Å². The van der Waals surface area contributed by atoms with E-state index in [-0.39, 0.29) is 65.1 Å². The van der Waals surface area contributed by atoms with Crippen molar-refractivity contribution in [2.24, 2.45) is 0 Å². The number of rotatable bonds is 10. The fourth-order valence-corrected chi connectivity index (χ4v) is 2.84. The number of carboxylic acids is 2. The van der Waals surface area contributed by atoms with Crippen LogP contribution in [0.2, 0.25) is 0 Å². The van der Waals surface area contributed by atoms with Crippen molar-refractivity contribution in [2.45, 2.75) is 12.2 Å². The van der Waals surface area contributed by atoms with Gasteiger partial charge in [0.2, 0.25) is 0 Å². The number of carbonyl (C=O) groups excluding carboxylic acids is 2. The van der Waals surface area contributed by atoms with Crippen molar-refractivity contribution in [1.82, 2.24) is 9.80 Å². The van der Waals surface area contributed by atoms with Gasteiger partial charge in [0.1, 0.15) is 11.5 Å². The third kappa shape index (κ3) is 15.7. The molecular weight excluding hydrogens is 511 g/mol. The molecule has 13 heteroatoms. The summed E-state index contributed by atoms with van der Waals surface area (Å²) in [6.45, 7) is -0.152. The first-order valence-corrected chi connectivity index (χ1v) is 9.68. The molecule has 0 spiro atoms. The molecule has 0 fully saturated rings. The number of likely N-dealkylation sites (N-methyl/N-ethyl adjacent to an activating group) is 2. The Labute approximate surface area is 213 Å². The predicted molar refractivity (Wildman–Crippen MR) is 118 cm³/mol. The Hall–Kier alpha value is -2.77. The van der Waals surface area contributed by atoms with Crippen molar-refractivity contribution in [1.29, 1.82) is 0 Å². The van der Waals surface area contributed by atoms with Gasteiger partial charge in [-0.25, -0.2) is 0 Å². The maximum atomic E-state index is 10.3. The predicted octanol–water partition coefficient (Wildman–Crippen LogP) is -3.44. The molecule has 12 nitrogen and oxygen atoms in total. The van der Waals surface area contributed by atoms with Crippen molar-refractivity contribution in [2.75, 3.05) is 40.3 Å². The number of benzene rings is 2. The van der Waals surface area contributed by atoms with Gasteiger partial charge in [0.15, 0.2) is 0 Å². The summed E-state index contributed by atoms with van der Waals surface area (Å²) >= 11 is 0. The number of carboxylic acid groups (broad SMARTS) is 2. The molecule has 2 aromatic rings. The van der Waals surface area contributed by atoms with Crippen LogP contribution < -0.4 is 10.2 Å². The fraction of sp³-hybridized carbons (Fsp3) is 0.364. The van der Waals surface area contributed by atoms with Gasteiger partial charge in [-0.05, 0) is 49.5 Å². The van der Waals surface area contributed by atoms with Crippen LogP contribution in [0.1, 0.15) is 23.3 Å². The van der Waals surface area contributed by atoms with Gasteiger partial charge in [-0.1, -0.05) is 24.3 Å². The minimum absolute atomic E-state index is 0. The first-order valence-electron chi connectivity index (χ1n) is 9.68. The van der Waals surface area contributed by atoms with Gasteiger partial charge in [-0.2, -0.15) is 0 Å². The van der Waals surface area contributed by atoms with E-state index in [1.807, 2.05) is 0 Å². The van der Waals surface area contributed by atoms with E-state index in [0.29, 0.717) is 11.1 Å². The number of phenols is 2. The quantitative estimate of drug-likeness (QED) is 0.217. The number of hydrogen-bond donors (Lipinski definition) is 4. The Morgan fingerprint density at radius 1 is 0.771 bits per heavy atom. The van der Waals surface area contributed by atoms with Crippen LogP contribution in [0.3, 0.4) is 0 Å². The Bertz CT molecular complexity index is 815. The van der Waals surface area contributed by atoms with Crippen LogP contribution in [0, 0.1) is 0 Å². The molecule has 0 aliphatic carbocycles. The fourth-order valence-electron chi connectivity index (χ4n) is 2.84.